The maximum Gasteiger partial charge on any atom is 0.153 e. The van der Waals surface area contributed by atoms with Crippen LogP contribution < -0.4 is 10.1 Å². The van der Waals surface area contributed by atoms with Crippen LogP contribution in [0.4, 0.5) is 0 Å². The second kappa shape index (κ2) is 6.59. The molecule has 0 fully saturated rings. The van der Waals surface area contributed by atoms with Crippen molar-refractivity contribution in [3.8, 4) is 5.75 Å². The van der Waals surface area contributed by atoms with E-state index in [-0.39, 0.29) is 18.1 Å². The van der Waals surface area contributed by atoms with Gasteiger partial charge in [-0.05, 0) is 49.6 Å². The van der Waals surface area contributed by atoms with Crippen LogP contribution in [0.25, 0.3) is 0 Å². The summed E-state index contributed by atoms with van der Waals surface area (Å²) in [5, 5.41) is 3.33. The Morgan fingerprint density at radius 3 is 2.90 bits per heavy atom. The van der Waals surface area contributed by atoms with E-state index in [0.29, 0.717) is 6.04 Å². The Morgan fingerprint density at radius 2 is 2.20 bits per heavy atom. The van der Waals surface area contributed by atoms with E-state index in [4.69, 9.17) is 4.74 Å². The number of ether oxygens (including phenoxy) is 1. The molecule has 1 atom stereocenters. The fourth-order valence-electron chi connectivity index (χ4n) is 2.60. The maximum atomic E-state index is 11.4. The second-order valence-corrected chi connectivity index (χ2v) is 7.65. The molecule has 0 amide bonds. The summed E-state index contributed by atoms with van der Waals surface area (Å²) in [6.07, 6.45) is 3.45. The van der Waals surface area contributed by atoms with Gasteiger partial charge in [-0.1, -0.05) is 13.0 Å². The molecular weight excluding hydrogens is 274 g/mol. The number of benzene rings is 1. The average Bonchev–Trinajstić information content (AvgIpc) is 2.46. The van der Waals surface area contributed by atoms with Crippen LogP contribution in [0.3, 0.4) is 0 Å². The lowest BCUT2D eigenvalue weighted by atomic mass is 9.87. The molecule has 0 radical (unpaired) electrons. The Balaban J connectivity index is 2.03. The summed E-state index contributed by atoms with van der Waals surface area (Å²) in [7, 11) is -0.986. The van der Waals surface area contributed by atoms with Gasteiger partial charge in [0.05, 0.1) is 5.75 Å². The summed E-state index contributed by atoms with van der Waals surface area (Å²) >= 11 is 0. The highest BCUT2D eigenvalue weighted by Crippen LogP contribution is 2.32. The molecule has 0 heterocycles. The lowest BCUT2D eigenvalue weighted by Gasteiger charge is -2.25. The number of nitrogens with one attached hydrogen (secondary N) is 1. The standard InChI is InChI=1S/C15H23NO3S/c1-3-20(17,18)10-9-19-13-8-7-12-5-4-6-15(16-2)14(12)11-13/h7-8,11,15-16H,3-6,9-10H2,1-2H3. The first-order valence-electron chi connectivity index (χ1n) is 7.19. The monoisotopic (exact) mass is 297 g/mol. The summed E-state index contributed by atoms with van der Waals surface area (Å²) in [6, 6.07) is 6.47. The number of hydrogen-bond acceptors (Lipinski definition) is 4. The van der Waals surface area contributed by atoms with Gasteiger partial charge in [0, 0.05) is 11.8 Å². The quantitative estimate of drug-likeness (QED) is 0.873. The fraction of sp³-hybridized carbons (Fsp3) is 0.600. The molecule has 1 aromatic carbocycles. The Bertz CT molecular complexity index is 554. The van der Waals surface area contributed by atoms with Crippen molar-refractivity contribution in [3.05, 3.63) is 29.3 Å². The third kappa shape index (κ3) is 3.73. The van der Waals surface area contributed by atoms with E-state index in [1.54, 1.807) is 6.92 Å². The van der Waals surface area contributed by atoms with Crippen LogP contribution in [0.15, 0.2) is 18.2 Å². The summed E-state index contributed by atoms with van der Waals surface area (Å²) in [5.74, 6) is 1.01. The SMILES string of the molecule is CCS(=O)(=O)CCOc1ccc2c(c1)C(NC)CCC2. The first-order chi connectivity index (χ1) is 9.55. The predicted molar refractivity (Wildman–Crippen MR) is 81.0 cm³/mol. The molecule has 0 saturated heterocycles. The third-order valence-electron chi connectivity index (χ3n) is 3.88. The highest BCUT2D eigenvalue weighted by Gasteiger charge is 2.19. The van der Waals surface area contributed by atoms with Crippen LogP contribution >= 0.6 is 0 Å². The van der Waals surface area contributed by atoms with Crippen molar-refractivity contribution in [3.63, 3.8) is 0 Å². The van der Waals surface area contributed by atoms with Gasteiger partial charge in [0.15, 0.2) is 9.84 Å². The molecule has 1 unspecified atom stereocenters. The topological polar surface area (TPSA) is 55.4 Å². The molecule has 0 aromatic heterocycles. The van der Waals surface area contributed by atoms with Crippen LogP contribution in [0.1, 0.15) is 36.9 Å². The van der Waals surface area contributed by atoms with E-state index in [1.807, 2.05) is 19.2 Å². The number of rotatable bonds is 6. The molecule has 0 saturated carbocycles. The molecule has 5 heteroatoms. The van der Waals surface area contributed by atoms with Crippen molar-refractivity contribution in [1.82, 2.24) is 5.32 Å². The summed E-state index contributed by atoms with van der Waals surface area (Å²) in [4.78, 5) is 0. The van der Waals surface area contributed by atoms with Crippen LogP contribution in [-0.2, 0) is 16.3 Å². The maximum absolute atomic E-state index is 11.4. The molecule has 2 rings (SSSR count). The Labute approximate surface area is 121 Å². The van der Waals surface area contributed by atoms with E-state index >= 15 is 0 Å². The van der Waals surface area contributed by atoms with E-state index in [0.717, 1.165) is 18.6 Å². The van der Waals surface area contributed by atoms with Gasteiger partial charge < -0.3 is 10.1 Å². The minimum Gasteiger partial charge on any atom is -0.493 e. The number of hydrogen-bond donors (Lipinski definition) is 1. The zero-order chi connectivity index (χ0) is 14.6. The van der Waals surface area contributed by atoms with Crippen molar-refractivity contribution in [2.75, 3.05) is 25.2 Å². The van der Waals surface area contributed by atoms with Crippen molar-refractivity contribution in [2.24, 2.45) is 0 Å². The van der Waals surface area contributed by atoms with Crippen molar-refractivity contribution in [2.45, 2.75) is 32.2 Å². The molecule has 0 aliphatic heterocycles. The van der Waals surface area contributed by atoms with Crippen molar-refractivity contribution >= 4 is 9.84 Å². The first kappa shape index (κ1) is 15.3. The highest BCUT2D eigenvalue weighted by molar-refractivity contribution is 7.91. The Morgan fingerprint density at radius 1 is 1.40 bits per heavy atom. The van der Waals surface area contributed by atoms with Gasteiger partial charge in [-0.3, -0.25) is 0 Å². The average molecular weight is 297 g/mol. The Kier molecular flexibility index (Phi) is 5.05. The van der Waals surface area contributed by atoms with Crippen molar-refractivity contribution in [1.29, 1.82) is 0 Å². The van der Waals surface area contributed by atoms with Crippen LogP contribution in [0, 0.1) is 0 Å². The molecule has 1 N–H and O–H groups in total. The Hall–Kier alpha value is -1.07. The number of sulfone groups is 1. The van der Waals surface area contributed by atoms with Gasteiger partial charge in [-0.25, -0.2) is 8.42 Å². The molecule has 112 valence electrons. The zero-order valence-corrected chi connectivity index (χ0v) is 13.0. The van der Waals surface area contributed by atoms with Crippen molar-refractivity contribution < 1.29 is 13.2 Å². The number of fused-ring (bicyclic) bond motifs is 1. The molecule has 0 bridgehead atoms. The van der Waals surface area contributed by atoms with Crippen LogP contribution in [0.5, 0.6) is 5.75 Å². The third-order valence-corrected chi connectivity index (χ3v) is 5.55. The summed E-state index contributed by atoms with van der Waals surface area (Å²) < 4.78 is 28.5. The number of aryl methyl sites for hydroxylation is 1. The first-order valence-corrected chi connectivity index (χ1v) is 9.01. The normalized spacial score (nSPS) is 18.6. The predicted octanol–water partition coefficient (Wildman–Crippen LogP) is 2.10. The highest BCUT2D eigenvalue weighted by atomic mass is 32.2. The minimum absolute atomic E-state index is 0.0794. The minimum atomic E-state index is -2.96. The molecule has 1 aliphatic rings. The van der Waals surface area contributed by atoms with E-state index in [9.17, 15) is 8.42 Å². The molecule has 1 aliphatic carbocycles. The van der Waals surface area contributed by atoms with E-state index in [2.05, 4.69) is 11.4 Å². The molecule has 1 aromatic rings. The smallest absolute Gasteiger partial charge is 0.153 e. The summed E-state index contributed by atoms with van der Waals surface area (Å²) in [5.41, 5.74) is 2.65. The largest absolute Gasteiger partial charge is 0.493 e. The van der Waals surface area contributed by atoms with Crippen LogP contribution in [-0.4, -0.2) is 33.6 Å². The summed E-state index contributed by atoms with van der Waals surface area (Å²) in [6.45, 7) is 1.88. The molecule has 0 spiro atoms. The van der Waals surface area contributed by atoms with Gasteiger partial charge in [0.2, 0.25) is 0 Å². The van der Waals surface area contributed by atoms with Crippen LogP contribution in [0.2, 0.25) is 0 Å². The van der Waals surface area contributed by atoms with Gasteiger partial charge in [0.1, 0.15) is 12.4 Å². The van der Waals surface area contributed by atoms with Gasteiger partial charge in [-0.15, -0.1) is 0 Å². The molecular formula is C15H23NO3S. The lowest BCUT2D eigenvalue weighted by molar-refractivity contribution is 0.339. The second-order valence-electron chi connectivity index (χ2n) is 5.18. The van der Waals surface area contributed by atoms with Gasteiger partial charge >= 0.3 is 0 Å². The van der Waals surface area contributed by atoms with Gasteiger partial charge in [0.25, 0.3) is 0 Å². The van der Waals surface area contributed by atoms with E-state index in [1.165, 1.54) is 17.5 Å². The zero-order valence-electron chi connectivity index (χ0n) is 12.2. The molecule has 4 nitrogen and oxygen atoms in total. The lowest BCUT2D eigenvalue weighted by Crippen LogP contribution is -2.21. The van der Waals surface area contributed by atoms with E-state index < -0.39 is 9.84 Å². The molecule has 20 heavy (non-hydrogen) atoms. The fourth-order valence-corrected chi connectivity index (χ4v) is 3.22. The van der Waals surface area contributed by atoms with Gasteiger partial charge in [-0.2, -0.15) is 0 Å².